The summed E-state index contributed by atoms with van der Waals surface area (Å²) in [5.74, 6) is 0.696. The minimum Gasteiger partial charge on any atom is -0.469 e. The number of hydrogen-bond donors (Lipinski definition) is 3. The number of hydrogen-bond acceptors (Lipinski definition) is 4. The second-order valence-electron chi connectivity index (χ2n) is 7.50. The number of urea groups is 1. The molecule has 124 valence electrons. The molecule has 3 N–H and O–H groups in total. The fraction of sp³-hybridized carbons (Fsp3) is 0.875. The van der Waals surface area contributed by atoms with Gasteiger partial charge in [-0.2, -0.15) is 0 Å². The third-order valence-corrected chi connectivity index (χ3v) is 6.13. The minimum absolute atomic E-state index is 0.0326. The standard InChI is InChI=1S/C16H26N2O4/c1-10(18-14(20)17-4-3-13(19)22-2)15-6-11-5-12(8-15)16(21,7-11)9-15/h10-12,21H,3-9H2,1-2H3,(H2,17,18,20). The number of carbonyl (C=O) groups excluding carboxylic acids is 2. The third-order valence-electron chi connectivity index (χ3n) is 6.13. The zero-order valence-corrected chi connectivity index (χ0v) is 13.4. The van der Waals surface area contributed by atoms with E-state index in [-0.39, 0.29) is 36.4 Å². The van der Waals surface area contributed by atoms with Crippen molar-refractivity contribution < 1.29 is 19.4 Å². The zero-order chi connectivity index (χ0) is 16.0. The summed E-state index contributed by atoms with van der Waals surface area (Å²) in [6.45, 7) is 2.31. The van der Waals surface area contributed by atoms with Gasteiger partial charge in [0, 0.05) is 12.6 Å². The van der Waals surface area contributed by atoms with Crippen LogP contribution in [0.1, 0.15) is 45.4 Å². The van der Waals surface area contributed by atoms with Gasteiger partial charge >= 0.3 is 12.0 Å². The Hall–Kier alpha value is -1.30. The van der Waals surface area contributed by atoms with Crippen LogP contribution in [0.2, 0.25) is 0 Å². The first-order valence-corrected chi connectivity index (χ1v) is 8.20. The topological polar surface area (TPSA) is 87.7 Å². The maximum absolute atomic E-state index is 12.0. The van der Waals surface area contributed by atoms with Crippen molar-refractivity contribution in [2.75, 3.05) is 13.7 Å². The predicted molar refractivity (Wildman–Crippen MR) is 80.1 cm³/mol. The van der Waals surface area contributed by atoms with Crippen LogP contribution < -0.4 is 10.6 Å². The Labute approximate surface area is 131 Å². The fourth-order valence-electron chi connectivity index (χ4n) is 5.21. The van der Waals surface area contributed by atoms with Crippen LogP contribution in [-0.2, 0) is 9.53 Å². The molecular weight excluding hydrogens is 284 g/mol. The van der Waals surface area contributed by atoms with Crippen molar-refractivity contribution in [2.24, 2.45) is 17.3 Å². The molecule has 2 amide bonds. The lowest BCUT2D eigenvalue weighted by Gasteiger charge is -2.43. The van der Waals surface area contributed by atoms with Crippen LogP contribution in [0, 0.1) is 17.3 Å². The Morgan fingerprint density at radius 1 is 1.36 bits per heavy atom. The van der Waals surface area contributed by atoms with Gasteiger partial charge in [-0.15, -0.1) is 0 Å². The van der Waals surface area contributed by atoms with Crippen LogP contribution in [0.5, 0.6) is 0 Å². The summed E-state index contributed by atoms with van der Waals surface area (Å²) in [6, 6.07) is -0.217. The maximum atomic E-state index is 12.0. The molecule has 5 unspecified atom stereocenters. The van der Waals surface area contributed by atoms with Crippen molar-refractivity contribution in [1.82, 2.24) is 10.6 Å². The minimum atomic E-state index is -0.486. The molecular formula is C16H26N2O4. The molecule has 4 rings (SSSR count). The molecule has 22 heavy (non-hydrogen) atoms. The molecule has 6 nitrogen and oxygen atoms in total. The van der Waals surface area contributed by atoms with Crippen LogP contribution >= 0.6 is 0 Å². The van der Waals surface area contributed by atoms with Gasteiger partial charge in [0.15, 0.2) is 0 Å². The average Bonchev–Trinajstić information content (AvgIpc) is 2.79. The SMILES string of the molecule is COC(=O)CCNC(=O)NC(C)C12CC3CC(C1)C(O)(C3)C2. The number of ether oxygens (including phenoxy) is 1. The largest absolute Gasteiger partial charge is 0.469 e. The summed E-state index contributed by atoms with van der Waals surface area (Å²) >= 11 is 0. The maximum Gasteiger partial charge on any atom is 0.315 e. The monoisotopic (exact) mass is 310 g/mol. The summed E-state index contributed by atoms with van der Waals surface area (Å²) in [6.07, 6.45) is 5.20. The molecule has 4 fully saturated rings. The molecule has 0 spiro atoms. The van der Waals surface area contributed by atoms with Gasteiger partial charge in [0.25, 0.3) is 0 Å². The van der Waals surface area contributed by atoms with E-state index in [4.69, 9.17) is 0 Å². The number of rotatable bonds is 5. The van der Waals surface area contributed by atoms with Crippen molar-refractivity contribution in [3.63, 3.8) is 0 Å². The molecule has 4 bridgehead atoms. The Morgan fingerprint density at radius 2 is 2.14 bits per heavy atom. The quantitative estimate of drug-likeness (QED) is 0.665. The summed E-state index contributed by atoms with van der Waals surface area (Å²) in [5.41, 5.74) is -0.444. The molecule has 5 atom stereocenters. The number of methoxy groups -OCH3 is 1. The van der Waals surface area contributed by atoms with E-state index < -0.39 is 5.60 Å². The zero-order valence-electron chi connectivity index (χ0n) is 13.4. The van der Waals surface area contributed by atoms with Crippen molar-refractivity contribution in [2.45, 2.75) is 57.1 Å². The molecule has 0 aromatic rings. The molecule has 4 aliphatic carbocycles. The van der Waals surface area contributed by atoms with Gasteiger partial charge in [0.1, 0.15) is 0 Å². The molecule has 0 aliphatic heterocycles. The summed E-state index contributed by atoms with van der Waals surface area (Å²) in [4.78, 5) is 23.0. The van der Waals surface area contributed by atoms with Crippen LogP contribution in [0.15, 0.2) is 0 Å². The number of esters is 1. The molecule has 0 saturated heterocycles. The fourth-order valence-corrected chi connectivity index (χ4v) is 5.21. The van der Waals surface area contributed by atoms with E-state index in [2.05, 4.69) is 15.4 Å². The first-order valence-electron chi connectivity index (χ1n) is 8.20. The van der Waals surface area contributed by atoms with Gasteiger partial charge < -0.3 is 20.5 Å². The van der Waals surface area contributed by atoms with E-state index >= 15 is 0 Å². The van der Waals surface area contributed by atoms with Crippen LogP contribution in [0.4, 0.5) is 4.79 Å². The number of aliphatic hydroxyl groups is 1. The lowest BCUT2D eigenvalue weighted by atomic mass is 9.65. The highest BCUT2D eigenvalue weighted by molar-refractivity contribution is 5.75. The van der Waals surface area contributed by atoms with E-state index in [1.807, 2.05) is 6.92 Å². The van der Waals surface area contributed by atoms with E-state index in [0.717, 1.165) is 32.1 Å². The first kappa shape index (κ1) is 15.6. The highest BCUT2D eigenvalue weighted by atomic mass is 16.5. The molecule has 4 aliphatic rings. The Morgan fingerprint density at radius 3 is 2.77 bits per heavy atom. The molecule has 6 heteroatoms. The highest BCUT2D eigenvalue weighted by Crippen LogP contribution is 2.67. The van der Waals surface area contributed by atoms with Crippen LogP contribution in [0.3, 0.4) is 0 Å². The summed E-state index contributed by atoms with van der Waals surface area (Å²) in [7, 11) is 1.33. The summed E-state index contributed by atoms with van der Waals surface area (Å²) < 4.78 is 4.54. The second-order valence-corrected chi connectivity index (χ2v) is 7.50. The number of amides is 2. The van der Waals surface area contributed by atoms with Crippen molar-refractivity contribution >= 4 is 12.0 Å². The van der Waals surface area contributed by atoms with E-state index in [1.165, 1.54) is 7.11 Å². The van der Waals surface area contributed by atoms with Gasteiger partial charge in [-0.1, -0.05) is 0 Å². The third kappa shape index (κ3) is 2.57. The first-order chi connectivity index (χ1) is 10.4. The van der Waals surface area contributed by atoms with E-state index in [0.29, 0.717) is 11.8 Å². The molecule has 0 aromatic carbocycles. The average molecular weight is 310 g/mol. The van der Waals surface area contributed by atoms with Gasteiger partial charge in [-0.25, -0.2) is 4.79 Å². The van der Waals surface area contributed by atoms with Crippen molar-refractivity contribution in [3.05, 3.63) is 0 Å². The normalized spacial score (nSPS) is 39.6. The molecule has 0 radical (unpaired) electrons. The smallest absolute Gasteiger partial charge is 0.315 e. The highest BCUT2D eigenvalue weighted by Gasteiger charge is 2.64. The predicted octanol–water partition coefficient (Wildman–Crippen LogP) is 1.18. The lowest BCUT2D eigenvalue weighted by Crippen LogP contribution is -2.51. The Kier molecular flexibility index (Phi) is 3.83. The van der Waals surface area contributed by atoms with Gasteiger partial charge in [-0.3, -0.25) is 4.79 Å². The Bertz CT molecular complexity index is 483. The molecule has 0 heterocycles. The molecule has 0 aromatic heterocycles. The van der Waals surface area contributed by atoms with Crippen LogP contribution in [0.25, 0.3) is 0 Å². The van der Waals surface area contributed by atoms with Gasteiger partial charge in [0.05, 0.1) is 19.1 Å². The Balaban J connectivity index is 1.51. The number of nitrogens with one attached hydrogen (secondary N) is 2. The van der Waals surface area contributed by atoms with Gasteiger partial charge in [0.2, 0.25) is 0 Å². The van der Waals surface area contributed by atoms with Crippen molar-refractivity contribution in [1.29, 1.82) is 0 Å². The number of carbonyl (C=O) groups is 2. The second kappa shape index (κ2) is 5.41. The lowest BCUT2D eigenvalue weighted by molar-refractivity contribution is -0.140. The van der Waals surface area contributed by atoms with Crippen LogP contribution in [-0.4, -0.2) is 42.4 Å². The van der Waals surface area contributed by atoms with Crippen molar-refractivity contribution in [3.8, 4) is 0 Å². The summed E-state index contributed by atoms with van der Waals surface area (Å²) in [5, 5.41) is 16.4. The van der Waals surface area contributed by atoms with E-state index in [9.17, 15) is 14.7 Å². The molecule has 4 saturated carbocycles. The van der Waals surface area contributed by atoms with Gasteiger partial charge in [-0.05, 0) is 56.3 Å². The van der Waals surface area contributed by atoms with E-state index in [1.54, 1.807) is 0 Å².